The Morgan fingerprint density at radius 3 is 2.47 bits per heavy atom. The summed E-state index contributed by atoms with van der Waals surface area (Å²) >= 11 is 0. The molecule has 1 N–H and O–H groups in total. The maximum Gasteiger partial charge on any atom is 0.265 e. The summed E-state index contributed by atoms with van der Waals surface area (Å²) in [5, 5.41) is 3.49. The highest BCUT2D eigenvalue weighted by Gasteiger charge is 2.17. The van der Waals surface area contributed by atoms with Gasteiger partial charge in [-0.25, -0.2) is 4.98 Å². The number of aromatic nitrogens is 2. The molecule has 7 nitrogen and oxygen atoms in total. The Morgan fingerprint density at radius 1 is 1.00 bits per heavy atom. The highest BCUT2D eigenvalue weighted by molar-refractivity contribution is 6.05. The minimum atomic E-state index is -0.509. The van der Waals surface area contributed by atoms with E-state index in [1.165, 1.54) is 18.8 Å². The minimum Gasteiger partial charge on any atom is -0.493 e. The molecular formula is C25H23N3O4. The Labute approximate surface area is 185 Å². The van der Waals surface area contributed by atoms with Gasteiger partial charge in [0.05, 0.1) is 20.8 Å². The normalized spacial score (nSPS) is 10.7. The molecule has 2 aromatic heterocycles. The summed E-state index contributed by atoms with van der Waals surface area (Å²) in [5.74, 6) is 0.512. The lowest BCUT2D eigenvalue weighted by Gasteiger charge is -2.13. The predicted octanol–water partition coefficient (Wildman–Crippen LogP) is 4.02. The van der Waals surface area contributed by atoms with Gasteiger partial charge in [-0.1, -0.05) is 29.8 Å². The van der Waals surface area contributed by atoms with Crippen LogP contribution in [0.1, 0.15) is 21.5 Å². The van der Waals surface area contributed by atoms with Gasteiger partial charge in [-0.3, -0.25) is 14.2 Å². The third-order valence-corrected chi connectivity index (χ3v) is 5.20. The first-order valence-electron chi connectivity index (χ1n) is 10.1. The number of carbonyl (C=O) groups excluding carboxylic acids is 1. The second kappa shape index (κ2) is 8.93. The Kier molecular flexibility index (Phi) is 5.89. The molecule has 0 unspecified atom stereocenters. The van der Waals surface area contributed by atoms with Crippen molar-refractivity contribution in [3.05, 3.63) is 93.9 Å². The molecule has 0 saturated carbocycles. The number of nitrogens with one attached hydrogen (secondary N) is 1. The number of nitrogens with zero attached hydrogens (tertiary/aromatic N) is 2. The SMILES string of the molecule is COc1ccc(NC(=O)c2cc3cccnc3n(Cc3ccc(C)cc3)c2=O)cc1OC. The molecule has 0 aliphatic carbocycles. The van der Waals surface area contributed by atoms with Crippen molar-refractivity contribution in [2.45, 2.75) is 13.5 Å². The number of hydrogen-bond acceptors (Lipinski definition) is 5. The molecule has 1 amide bonds. The number of ether oxygens (including phenoxy) is 2. The van der Waals surface area contributed by atoms with Crippen LogP contribution in [0.2, 0.25) is 0 Å². The zero-order valence-electron chi connectivity index (χ0n) is 18.1. The summed E-state index contributed by atoms with van der Waals surface area (Å²) in [7, 11) is 3.05. The Morgan fingerprint density at radius 2 is 1.75 bits per heavy atom. The molecule has 0 bridgehead atoms. The molecule has 0 saturated heterocycles. The molecule has 7 heteroatoms. The van der Waals surface area contributed by atoms with Crippen LogP contribution in [-0.4, -0.2) is 29.7 Å². The van der Waals surface area contributed by atoms with E-state index < -0.39 is 11.5 Å². The quantitative estimate of drug-likeness (QED) is 0.501. The van der Waals surface area contributed by atoms with Crippen LogP contribution >= 0.6 is 0 Å². The Balaban J connectivity index is 1.74. The molecule has 2 heterocycles. The van der Waals surface area contributed by atoms with Gasteiger partial charge >= 0.3 is 0 Å². The van der Waals surface area contributed by atoms with Gasteiger partial charge in [-0.15, -0.1) is 0 Å². The van der Waals surface area contributed by atoms with Crippen LogP contribution in [0.15, 0.2) is 71.7 Å². The molecule has 0 fully saturated rings. The number of benzene rings is 2. The number of rotatable bonds is 6. The third kappa shape index (κ3) is 4.18. The smallest absolute Gasteiger partial charge is 0.265 e. The Hall–Kier alpha value is -4.13. The van der Waals surface area contributed by atoms with Crippen molar-refractivity contribution in [1.82, 2.24) is 9.55 Å². The van der Waals surface area contributed by atoms with Gasteiger partial charge in [-0.2, -0.15) is 0 Å². The topological polar surface area (TPSA) is 82.5 Å². The van der Waals surface area contributed by atoms with Gasteiger partial charge in [0, 0.05) is 23.3 Å². The van der Waals surface area contributed by atoms with Crippen molar-refractivity contribution in [2.75, 3.05) is 19.5 Å². The van der Waals surface area contributed by atoms with E-state index in [9.17, 15) is 9.59 Å². The van der Waals surface area contributed by atoms with Crippen LogP contribution in [0.3, 0.4) is 0 Å². The average molecular weight is 429 g/mol. The monoisotopic (exact) mass is 429 g/mol. The lowest BCUT2D eigenvalue weighted by atomic mass is 10.1. The molecule has 162 valence electrons. The fraction of sp³-hybridized carbons (Fsp3) is 0.160. The standard InChI is InChI=1S/C25H23N3O4/c1-16-6-8-17(9-7-16)15-28-23-18(5-4-12-26-23)13-20(25(28)30)24(29)27-19-10-11-21(31-2)22(14-19)32-3/h4-14H,15H2,1-3H3,(H,27,29). The molecule has 32 heavy (non-hydrogen) atoms. The van der Waals surface area contributed by atoms with Gasteiger partial charge < -0.3 is 14.8 Å². The van der Waals surface area contributed by atoms with E-state index in [4.69, 9.17) is 9.47 Å². The van der Waals surface area contributed by atoms with E-state index in [-0.39, 0.29) is 5.56 Å². The average Bonchev–Trinajstić information content (AvgIpc) is 2.81. The van der Waals surface area contributed by atoms with Crippen LogP contribution in [0.5, 0.6) is 11.5 Å². The number of anilines is 1. The van der Waals surface area contributed by atoms with E-state index >= 15 is 0 Å². The summed E-state index contributed by atoms with van der Waals surface area (Å²) < 4.78 is 12.1. The van der Waals surface area contributed by atoms with Gasteiger partial charge in [0.1, 0.15) is 11.2 Å². The molecule has 4 rings (SSSR count). The third-order valence-electron chi connectivity index (χ3n) is 5.20. The number of carbonyl (C=O) groups is 1. The van der Waals surface area contributed by atoms with Crippen molar-refractivity contribution < 1.29 is 14.3 Å². The molecule has 0 aliphatic rings. The largest absolute Gasteiger partial charge is 0.493 e. The molecule has 0 aliphatic heterocycles. The van der Waals surface area contributed by atoms with Crippen LogP contribution in [-0.2, 0) is 6.54 Å². The number of pyridine rings is 2. The van der Waals surface area contributed by atoms with E-state index in [0.29, 0.717) is 34.8 Å². The van der Waals surface area contributed by atoms with Crippen LogP contribution in [0.25, 0.3) is 11.0 Å². The predicted molar refractivity (Wildman–Crippen MR) is 124 cm³/mol. The van der Waals surface area contributed by atoms with Crippen molar-refractivity contribution >= 4 is 22.6 Å². The summed E-state index contributed by atoms with van der Waals surface area (Å²) in [6.45, 7) is 2.32. The lowest BCUT2D eigenvalue weighted by Crippen LogP contribution is -2.30. The van der Waals surface area contributed by atoms with E-state index in [1.54, 1.807) is 36.5 Å². The molecule has 0 atom stereocenters. The summed E-state index contributed by atoms with van der Waals surface area (Å²) in [6.07, 6.45) is 1.64. The molecule has 4 aromatic rings. The van der Waals surface area contributed by atoms with Crippen LogP contribution in [0.4, 0.5) is 5.69 Å². The second-order valence-corrected chi connectivity index (χ2v) is 7.38. The number of hydrogen-bond donors (Lipinski definition) is 1. The number of aryl methyl sites for hydroxylation is 1. The van der Waals surface area contributed by atoms with E-state index in [2.05, 4.69) is 10.3 Å². The van der Waals surface area contributed by atoms with Crippen molar-refractivity contribution in [1.29, 1.82) is 0 Å². The van der Waals surface area contributed by atoms with E-state index in [1.807, 2.05) is 37.3 Å². The van der Waals surface area contributed by atoms with Crippen molar-refractivity contribution in [3.63, 3.8) is 0 Å². The number of amides is 1. The summed E-state index contributed by atoms with van der Waals surface area (Å²) in [5.41, 5.74) is 2.72. The van der Waals surface area contributed by atoms with Gasteiger partial charge in [0.2, 0.25) is 0 Å². The van der Waals surface area contributed by atoms with Gasteiger partial charge in [0.25, 0.3) is 11.5 Å². The number of fused-ring (bicyclic) bond motifs is 1. The Bertz CT molecular complexity index is 1340. The zero-order valence-corrected chi connectivity index (χ0v) is 18.1. The fourth-order valence-electron chi connectivity index (χ4n) is 3.50. The highest BCUT2D eigenvalue weighted by atomic mass is 16.5. The fourth-order valence-corrected chi connectivity index (χ4v) is 3.50. The second-order valence-electron chi connectivity index (χ2n) is 7.38. The molecule has 2 aromatic carbocycles. The maximum atomic E-state index is 13.3. The van der Waals surface area contributed by atoms with E-state index in [0.717, 1.165) is 11.1 Å². The van der Waals surface area contributed by atoms with Crippen LogP contribution < -0.4 is 20.3 Å². The summed E-state index contributed by atoms with van der Waals surface area (Å²) in [6, 6.07) is 18.1. The van der Waals surface area contributed by atoms with Gasteiger partial charge in [-0.05, 0) is 42.8 Å². The van der Waals surface area contributed by atoms with Crippen molar-refractivity contribution in [2.24, 2.45) is 0 Å². The molecule has 0 spiro atoms. The zero-order chi connectivity index (χ0) is 22.7. The van der Waals surface area contributed by atoms with Gasteiger partial charge in [0.15, 0.2) is 11.5 Å². The summed E-state index contributed by atoms with van der Waals surface area (Å²) in [4.78, 5) is 30.8. The lowest BCUT2D eigenvalue weighted by molar-refractivity contribution is 0.102. The molecule has 0 radical (unpaired) electrons. The first-order chi connectivity index (χ1) is 15.5. The van der Waals surface area contributed by atoms with Crippen molar-refractivity contribution in [3.8, 4) is 11.5 Å². The first kappa shape index (κ1) is 21.1. The number of methoxy groups -OCH3 is 2. The first-order valence-corrected chi connectivity index (χ1v) is 10.1. The molecular weight excluding hydrogens is 406 g/mol. The highest BCUT2D eigenvalue weighted by Crippen LogP contribution is 2.30. The maximum absolute atomic E-state index is 13.3. The van der Waals surface area contributed by atoms with Crippen LogP contribution in [0, 0.1) is 6.92 Å². The minimum absolute atomic E-state index is 0.0346.